The normalized spacial score (nSPS) is 10.8. The van der Waals surface area contributed by atoms with Crippen LogP contribution in [0.1, 0.15) is 34.1 Å². The number of hydrogen-bond donors (Lipinski definition) is 0. The first-order valence-electron chi connectivity index (χ1n) is 5.40. The maximum absolute atomic E-state index is 11.6. The molecule has 0 N–H and O–H groups in total. The maximum atomic E-state index is 11.6. The van der Waals surface area contributed by atoms with Crippen LogP contribution in [0.4, 0.5) is 0 Å². The van der Waals surface area contributed by atoms with Gasteiger partial charge in [0.1, 0.15) is 0 Å². The lowest BCUT2D eigenvalue weighted by atomic mass is 9.97. The van der Waals surface area contributed by atoms with Gasteiger partial charge in [-0.25, -0.2) is 0 Å². The van der Waals surface area contributed by atoms with Gasteiger partial charge in [0.05, 0.1) is 5.52 Å². The summed E-state index contributed by atoms with van der Waals surface area (Å²) in [6, 6.07) is 6.04. The number of rotatable bonds is 1. The number of carbonyl (C=O) groups excluding carboxylic acids is 1. The fourth-order valence-corrected chi connectivity index (χ4v) is 2.39. The number of fused-ring (bicyclic) bond motifs is 1. The van der Waals surface area contributed by atoms with Crippen LogP contribution in [0, 0.1) is 20.8 Å². The van der Waals surface area contributed by atoms with Crippen molar-refractivity contribution in [3.8, 4) is 0 Å². The van der Waals surface area contributed by atoms with E-state index in [0.717, 1.165) is 27.7 Å². The van der Waals surface area contributed by atoms with Crippen molar-refractivity contribution in [3.63, 3.8) is 0 Å². The Morgan fingerprint density at radius 3 is 2.50 bits per heavy atom. The fourth-order valence-electron chi connectivity index (χ4n) is 2.39. The first-order chi connectivity index (χ1) is 7.52. The van der Waals surface area contributed by atoms with Crippen molar-refractivity contribution in [3.05, 3.63) is 40.6 Å². The van der Waals surface area contributed by atoms with Crippen LogP contribution >= 0.6 is 0 Å². The van der Waals surface area contributed by atoms with Crippen LogP contribution in [-0.4, -0.2) is 10.8 Å². The first-order valence-corrected chi connectivity index (χ1v) is 5.40. The highest BCUT2D eigenvalue weighted by molar-refractivity contribution is 6.01. The molecule has 1 aromatic carbocycles. The Bertz CT molecular complexity index is 585. The zero-order chi connectivity index (χ0) is 11.9. The maximum Gasteiger partial charge on any atom is 0.161 e. The number of hydrogen-bond acceptors (Lipinski definition) is 2. The molecule has 1 aromatic heterocycles. The van der Waals surface area contributed by atoms with Gasteiger partial charge >= 0.3 is 0 Å². The number of carbonyl (C=O) groups is 1. The number of nitrogens with zero attached hydrogens (tertiary/aromatic N) is 1. The third-order valence-electron chi connectivity index (χ3n) is 3.00. The molecule has 0 atom stereocenters. The molecule has 0 aliphatic heterocycles. The van der Waals surface area contributed by atoms with Gasteiger partial charge in [0, 0.05) is 16.6 Å². The number of benzene rings is 1. The molecule has 2 rings (SSSR count). The average Bonchev–Trinajstić information content (AvgIpc) is 2.15. The van der Waals surface area contributed by atoms with Gasteiger partial charge in [-0.15, -0.1) is 0 Å². The summed E-state index contributed by atoms with van der Waals surface area (Å²) in [6.45, 7) is 7.55. The molecule has 0 aliphatic rings. The van der Waals surface area contributed by atoms with Crippen molar-refractivity contribution >= 4 is 16.7 Å². The smallest absolute Gasteiger partial charge is 0.161 e. The lowest BCUT2D eigenvalue weighted by molar-refractivity contribution is 0.101. The number of Topliss-reactive ketones (excluding diaryl/α,β-unsaturated/α-hetero) is 1. The van der Waals surface area contributed by atoms with Gasteiger partial charge in [0.2, 0.25) is 0 Å². The zero-order valence-corrected chi connectivity index (χ0v) is 10.1. The van der Waals surface area contributed by atoms with Crippen LogP contribution in [-0.2, 0) is 0 Å². The molecule has 0 saturated heterocycles. The van der Waals surface area contributed by atoms with E-state index in [2.05, 4.69) is 18.0 Å². The minimum Gasteiger partial charge on any atom is -0.294 e. The minimum atomic E-state index is 0.0904. The van der Waals surface area contributed by atoms with Gasteiger partial charge in [-0.3, -0.25) is 9.78 Å². The number of ketones is 1. The van der Waals surface area contributed by atoms with Gasteiger partial charge in [0.15, 0.2) is 5.78 Å². The van der Waals surface area contributed by atoms with Gasteiger partial charge < -0.3 is 0 Å². The lowest BCUT2D eigenvalue weighted by Gasteiger charge is -2.11. The Hall–Kier alpha value is -1.70. The summed E-state index contributed by atoms with van der Waals surface area (Å²) < 4.78 is 0. The van der Waals surface area contributed by atoms with E-state index in [0.29, 0.717) is 0 Å². The SMILES string of the molecule is CC(=O)c1c(C)nc2cccc(C)c2c1C. The standard InChI is InChI=1S/C14H15NO/c1-8-6-5-7-12-13(8)9(2)14(11(4)16)10(3)15-12/h5-7H,1-4H3. The number of aryl methyl sites for hydroxylation is 3. The van der Waals surface area contributed by atoms with E-state index in [-0.39, 0.29) is 5.78 Å². The summed E-state index contributed by atoms with van der Waals surface area (Å²) in [5, 5.41) is 1.11. The molecule has 0 fully saturated rings. The predicted molar refractivity (Wildman–Crippen MR) is 66.0 cm³/mol. The van der Waals surface area contributed by atoms with Crippen LogP contribution < -0.4 is 0 Å². The number of aromatic nitrogens is 1. The summed E-state index contributed by atoms with van der Waals surface area (Å²) in [6.07, 6.45) is 0. The summed E-state index contributed by atoms with van der Waals surface area (Å²) in [7, 11) is 0. The van der Waals surface area contributed by atoms with Crippen molar-refractivity contribution in [2.45, 2.75) is 27.7 Å². The summed E-state index contributed by atoms with van der Waals surface area (Å²) in [5.74, 6) is 0.0904. The number of pyridine rings is 1. The molecule has 0 unspecified atom stereocenters. The Labute approximate surface area is 95.3 Å². The first kappa shape index (κ1) is 10.8. The highest BCUT2D eigenvalue weighted by atomic mass is 16.1. The van der Waals surface area contributed by atoms with Crippen LogP contribution in [0.25, 0.3) is 10.9 Å². The fraction of sp³-hybridized carbons (Fsp3) is 0.286. The van der Waals surface area contributed by atoms with Crippen molar-refractivity contribution in [1.82, 2.24) is 4.98 Å². The van der Waals surface area contributed by atoms with E-state index in [1.54, 1.807) is 6.92 Å². The van der Waals surface area contributed by atoms with Crippen LogP contribution in [0.2, 0.25) is 0 Å². The topological polar surface area (TPSA) is 30.0 Å². The van der Waals surface area contributed by atoms with E-state index < -0.39 is 0 Å². The summed E-state index contributed by atoms with van der Waals surface area (Å²) >= 11 is 0. The molecule has 0 bridgehead atoms. The van der Waals surface area contributed by atoms with E-state index >= 15 is 0 Å². The summed E-state index contributed by atoms with van der Waals surface area (Å²) in [4.78, 5) is 16.1. The van der Waals surface area contributed by atoms with Gasteiger partial charge in [-0.2, -0.15) is 0 Å². The second-order valence-corrected chi connectivity index (χ2v) is 4.22. The molecule has 16 heavy (non-hydrogen) atoms. The van der Waals surface area contributed by atoms with E-state index in [4.69, 9.17) is 0 Å². The molecule has 0 spiro atoms. The monoisotopic (exact) mass is 213 g/mol. The van der Waals surface area contributed by atoms with E-state index in [9.17, 15) is 4.79 Å². The largest absolute Gasteiger partial charge is 0.294 e. The molecule has 0 radical (unpaired) electrons. The Morgan fingerprint density at radius 2 is 1.88 bits per heavy atom. The van der Waals surface area contributed by atoms with Crippen molar-refractivity contribution in [2.75, 3.05) is 0 Å². The molecule has 0 aliphatic carbocycles. The summed E-state index contributed by atoms with van der Waals surface area (Å²) in [5.41, 5.74) is 4.78. The van der Waals surface area contributed by atoms with Gasteiger partial charge in [-0.05, 0) is 44.9 Å². The van der Waals surface area contributed by atoms with Crippen molar-refractivity contribution in [1.29, 1.82) is 0 Å². The van der Waals surface area contributed by atoms with Crippen LogP contribution in [0.5, 0.6) is 0 Å². The highest BCUT2D eigenvalue weighted by Crippen LogP contribution is 2.25. The zero-order valence-electron chi connectivity index (χ0n) is 10.1. The third-order valence-corrected chi connectivity index (χ3v) is 3.00. The molecule has 2 heteroatoms. The van der Waals surface area contributed by atoms with Crippen LogP contribution in [0.3, 0.4) is 0 Å². The lowest BCUT2D eigenvalue weighted by Crippen LogP contribution is -2.04. The Morgan fingerprint density at radius 1 is 1.19 bits per heavy atom. The molecule has 82 valence electrons. The molecular formula is C14H15NO. The molecule has 0 amide bonds. The predicted octanol–water partition coefficient (Wildman–Crippen LogP) is 3.36. The second kappa shape index (κ2) is 3.71. The van der Waals surface area contributed by atoms with Crippen LogP contribution in [0.15, 0.2) is 18.2 Å². The Balaban J connectivity index is 2.96. The second-order valence-electron chi connectivity index (χ2n) is 4.22. The average molecular weight is 213 g/mol. The molecule has 2 aromatic rings. The molecular weight excluding hydrogens is 198 g/mol. The van der Waals surface area contributed by atoms with Crippen molar-refractivity contribution in [2.24, 2.45) is 0 Å². The third kappa shape index (κ3) is 1.51. The molecule has 1 heterocycles. The highest BCUT2D eigenvalue weighted by Gasteiger charge is 2.13. The molecule has 2 nitrogen and oxygen atoms in total. The van der Waals surface area contributed by atoms with E-state index in [1.807, 2.05) is 26.0 Å². The van der Waals surface area contributed by atoms with Gasteiger partial charge in [0.25, 0.3) is 0 Å². The van der Waals surface area contributed by atoms with Gasteiger partial charge in [-0.1, -0.05) is 12.1 Å². The molecule has 0 saturated carbocycles. The minimum absolute atomic E-state index is 0.0904. The van der Waals surface area contributed by atoms with E-state index in [1.165, 1.54) is 5.56 Å². The van der Waals surface area contributed by atoms with Crippen molar-refractivity contribution < 1.29 is 4.79 Å². The Kier molecular flexibility index (Phi) is 2.50. The quantitative estimate of drug-likeness (QED) is 0.680.